The van der Waals surface area contributed by atoms with Gasteiger partial charge in [0.1, 0.15) is 0 Å². The largest absolute Gasteiger partial charge is 0.255 e. The smallest absolute Gasteiger partial charge is 0.0900 e. The average Bonchev–Trinajstić information content (AvgIpc) is 3.55. The van der Waals surface area contributed by atoms with Crippen LogP contribution in [0.1, 0.15) is 22.3 Å². The fourth-order valence-electron chi connectivity index (χ4n) is 8.41. The molecule has 0 amide bonds. The van der Waals surface area contributed by atoms with Crippen LogP contribution in [-0.2, 0) is 5.41 Å². The lowest BCUT2D eigenvalue weighted by Gasteiger charge is -2.34. The van der Waals surface area contributed by atoms with Crippen LogP contribution in [0.25, 0.3) is 66.8 Å². The zero-order chi connectivity index (χ0) is 35.2. The predicted octanol–water partition coefficient (Wildman–Crippen LogP) is 12.7. The standard InChI is InChI=1S/C51H34N2/c1-4-15-35(16-5-1)45-34-50(48-25-12-13-30-52-48)53-49-33-39(27-29-44(45)49)37-18-14-17-36(31-37)38-26-28-43-42-23-10-11-24-46(42)51(47(43)32-38,40-19-6-2-7-20-40)41-21-8-3-9-22-41/h1-34H. The van der Waals surface area contributed by atoms with Crippen LogP contribution >= 0.6 is 0 Å². The molecular weight excluding hydrogens is 641 g/mol. The highest BCUT2D eigenvalue weighted by atomic mass is 14.8. The molecule has 2 heteroatoms. The molecule has 0 aliphatic heterocycles. The van der Waals surface area contributed by atoms with Gasteiger partial charge < -0.3 is 0 Å². The highest BCUT2D eigenvalue weighted by molar-refractivity contribution is 5.98. The minimum Gasteiger partial charge on any atom is -0.255 e. The molecule has 0 spiro atoms. The number of aromatic nitrogens is 2. The molecule has 0 saturated heterocycles. The maximum Gasteiger partial charge on any atom is 0.0900 e. The molecule has 0 fully saturated rings. The van der Waals surface area contributed by atoms with Crippen LogP contribution in [0.5, 0.6) is 0 Å². The van der Waals surface area contributed by atoms with Crippen molar-refractivity contribution in [3.05, 3.63) is 229 Å². The normalized spacial score (nSPS) is 12.7. The summed E-state index contributed by atoms with van der Waals surface area (Å²) in [5.41, 5.74) is 16.9. The Labute approximate surface area is 309 Å². The van der Waals surface area contributed by atoms with Crippen LogP contribution < -0.4 is 0 Å². The lowest BCUT2D eigenvalue weighted by atomic mass is 9.67. The van der Waals surface area contributed by atoms with Crippen molar-refractivity contribution in [1.82, 2.24) is 9.97 Å². The van der Waals surface area contributed by atoms with Gasteiger partial charge in [-0.25, -0.2) is 4.98 Å². The van der Waals surface area contributed by atoms with Gasteiger partial charge in [0.15, 0.2) is 0 Å². The Bertz CT molecular complexity index is 2720. The zero-order valence-electron chi connectivity index (χ0n) is 29.0. The molecule has 0 saturated carbocycles. The fraction of sp³-hybridized carbons (Fsp3) is 0.0196. The van der Waals surface area contributed by atoms with Gasteiger partial charge in [-0.05, 0) is 103 Å². The zero-order valence-corrected chi connectivity index (χ0v) is 29.0. The Morgan fingerprint density at radius 2 is 0.925 bits per heavy atom. The summed E-state index contributed by atoms with van der Waals surface area (Å²) in [6.07, 6.45) is 1.83. The second kappa shape index (κ2) is 12.7. The quantitative estimate of drug-likeness (QED) is 0.175. The molecule has 0 N–H and O–H groups in total. The topological polar surface area (TPSA) is 25.8 Å². The Kier molecular flexibility index (Phi) is 7.40. The summed E-state index contributed by atoms with van der Waals surface area (Å²) in [4.78, 5) is 9.81. The van der Waals surface area contributed by atoms with E-state index in [-0.39, 0.29) is 0 Å². The van der Waals surface area contributed by atoms with E-state index in [4.69, 9.17) is 4.98 Å². The Morgan fingerprint density at radius 1 is 0.340 bits per heavy atom. The number of hydrogen-bond acceptors (Lipinski definition) is 2. The van der Waals surface area contributed by atoms with Crippen molar-refractivity contribution in [2.45, 2.75) is 5.41 Å². The molecule has 53 heavy (non-hydrogen) atoms. The Morgan fingerprint density at radius 3 is 1.64 bits per heavy atom. The van der Waals surface area contributed by atoms with Crippen molar-refractivity contribution >= 4 is 10.9 Å². The molecule has 1 aliphatic carbocycles. The van der Waals surface area contributed by atoms with Crippen molar-refractivity contribution in [1.29, 1.82) is 0 Å². The number of hydrogen-bond donors (Lipinski definition) is 0. The van der Waals surface area contributed by atoms with Crippen LogP contribution in [-0.4, -0.2) is 9.97 Å². The van der Waals surface area contributed by atoms with Gasteiger partial charge in [0.2, 0.25) is 0 Å². The van der Waals surface area contributed by atoms with Gasteiger partial charge in [0, 0.05) is 11.6 Å². The van der Waals surface area contributed by atoms with Crippen molar-refractivity contribution < 1.29 is 0 Å². The number of rotatable bonds is 6. The summed E-state index contributed by atoms with van der Waals surface area (Å²) in [7, 11) is 0. The van der Waals surface area contributed by atoms with E-state index >= 15 is 0 Å². The van der Waals surface area contributed by atoms with Gasteiger partial charge in [-0.15, -0.1) is 0 Å². The highest BCUT2D eigenvalue weighted by Gasteiger charge is 2.46. The molecular formula is C51H34N2. The molecule has 7 aromatic carbocycles. The molecule has 2 aromatic heterocycles. The van der Waals surface area contributed by atoms with Gasteiger partial charge in [0.05, 0.1) is 22.3 Å². The van der Waals surface area contributed by atoms with E-state index in [9.17, 15) is 0 Å². The molecule has 9 aromatic rings. The maximum absolute atomic E-state index is 5.17. The van der Waals surface area contributed by atoms with Crippen LogP contribution in [0, 0.1) is 0 Å². The van der Waals surface area contributed by atoms with E-state index in [0.29, 0.717) is 0 Å². The van der Waals surface area contributed by atoms with Crippen LogP contribution in [0.4, 0.5) is 0 Å². The predicted molar refractivity (Wildman–Crippen MR) is 219 cm³/mol. The number of pyridine rings is 2. The third kappa shape index (κ3) is 5.11. The monoisotopic (exact) mass is 674 g/mol. The van der Waals surface area contributed by atoms with Crippen LogP contribution in [0.2, 0.25) is 0 Å². The molecule has 0 radical (unpaired) electrons. The summed E-state index contributed by atoms with van der Waals surface area (Å²) in [6.45, 7) is 0. The van der Waals surface area contributed by atoms with Gasteiger partial charge in [-0.3, -0.25) is 4.98 Å². The maximum atomic E-state index is 5.17. The van der Waals surface area contributed by atoms with Crippen molar-refractivity contribution in [2.24, 2.45) is 0 Å². The summed E-state index contributed by atoms with van der Waals surface area (Å²) in [5, 5.41) is 1.12. The van der Waals surface area contributed by atoms with E-state index in [2.05, 4.69) is 187 Å². The molecule has 2 heterocycles. The SMILES string of the molecule is c1ccc(-c2cc(-c3ccccn3)nc3cc(-c4cccc(-c5ccc6c(c5)C(c5ccccc5)(c5ccccc5)c5ccccc5-6)c4)ccc23)cc1. The van der Waals surface area contributed by atoms with Gasteiger partial charge in [0.25, 0.3) is 0 Å². The van der Waals surface area contributed by atoms with E-state index in [1.165, 1.54) is 44.5 Å². The number of fused-ring (bicyclic) bond motifs is 4. The molecule has 1 aliphatic rings. The van der Waals surface area contributed by atoms with Crippen LogP contribution in [0.15, 0.2) is 206 Å². The van der Waals surface area contributed by atoms with Gasteiger partial charge in [-0.1, -0.05) is 164 Å². The lowest BCUT2D eigenvalue weighted by Crippen LogP contribution is -2.28. The summed E-state index contributed by atoms with van der Waals surface area (Å²) in [6, 6.07) is 72.2. The molecule has 2 nitrogen and oxygen atoms in total. The first kappa shape index (κ1) is 30.9. The third-order valence-corrected chi connectivity index (χ3v) is 10.8. The van der Waals surface area contributed by atoms with Crippen molar-refractivity contribution in [2.75, 3.05) is 0 Å². The molecule has 10 rings (SSSR count). The summed E-state index contributed by atoms with van der Waals surface area (Å²) >= 11 is 0. The lowest BCUT2D eigenvalue weighted by molar-refractivity contribution is 0.769. The molecule has 0 atom stereocenters. The minimum absolute atomic E-state index is 0.437. The second-order valence-electron chi connectivity index (χ2n) is 13.7. The highest BCUT2D eigenvalue weighted by Crippen LogP contribution is 2.56. The molecule has 0 bridgehead atoms. The van der Waals surface area contributed by atoms with Gasteiger partial charge in [-0.2, -0.15) is 0 Å². The van der Waals surface area contributed by atoms with E-state index in [0.717, 1.165) is 44.5 Å². The number of benzene rings is 7. The van der Waals surface area contributed by atoms with Crippen molar-refractivity contribution in [3.8, 4) is 55.9 Å². The molecule has 0 unspecified atom stereocenters. The second-order valence-corrected chi connectivity index (χ2v) is 13.7. The first-order chi connectivity index (χ1) is 26.3. The van der Waals surface area contributed by atoms with E-state index in [1.807, 2.05) is 24.4 Å². The number of nitrogens with zero attached hydrogens (tertiary/aromatic N) is 2. The summed E-state index contributed by atoms with van der Waals surface area (Å²) < 4.78 is 0. The molecule has 248 valence electrons. The van der Waals surface area contributed by atoms with E-state index in [1.54, 1.807) is 0 Å². The van der Waals surface area contributed by atoms with Crippen LogP contribution in [0.3, 0.4) is 0 Å². The van der Waals surface area contributed by atoms with Crippen molar-refractivity contribution in [3.63, 3.8) is 0 Å². The fourth-order valence-corrected chi connectivity index (χ4v) is 8.41. The van der Waals surface area contributed by atoms with Gasteiger partial charge >= 0.3 is 0 Å². The minimum atomic E-state index is -0.437. The first-order valence-corrected chi connectivity index (χ1v) is 18.2. The average molecular weight is 675 g/mol. The Hall–Kier alpha value is -6.90. The summed E-state index contributed by atoms with van der Waals surface area (Å²) in [5.74, 6) is 0. The van der Waals surface area contributed by atoms with E-state index < -0.39 is 5.41 Å². The Balaban J connectivity index is 1.12. The first-order valence-electron chi connectivity index (χ1n) is 18.2. The third-order valence-electron chi connectivity index (χ3n) is 10.8.